The zero-order chi connectivity index (χ0) is 13.2. The summed E-state index contributed by atoms with van der Waals surface area (Å²) in [6.07, 6.45) is 0.543. The van der Waals surface area contributed by atoms with Gasteiger partial charge in [0, 0.05) is 31.2 Å². The lowest BCUT2D eigenvalue weighted by atomic mass is 9.98. The van der Waals surface area contributed by atoms with Gasteiger partial charge in [0.2, 0.25) is 5.91 Å². The molecule has 0 radical (unpaired) electrons. The Hall–Kier alpha value is -0.840. The molecule has 2 heterocycles. The van der Waals surface area contributed by atoms with Gasteiger partial charge < -0.3 is 10.2 Å². The van der Waals surface area contributed by atoms with Gasteiger partial charge in [-0.2, -0.15) is 0 Å². The molecule has 2 unspecified atom stereocenters. The highest BCUT2D eigenvalue weighted by Gasteiger charge is 2.41. The van der Waals surface area contributed by atoms with Crippen LogP contribution in [0.2, 0.25) is 0 Å². The molecule has 2 atom stereocenters. The van der Waals surface area contributed by atoms with Crippen LogP contribution in [0.1, 0.15) is 27.2 Å². The van der Waals surface area contributed by atoms with Crippen molar-refractivity contribution in [1.29, 1.82) is 0 Å². The number of halogens is 1. The Balaban J connectivity index is 0.000000686. The molecule has 5 heteroatoms. The topological polar surface area (TPSA) is 49.4 Å². The van der Waals surface area contributed by atoms with E-state index in [1.165, 1.54) is 0 Å². The molecular formula is C12H19BrN2O2. The van der Waals surface area contributed by atoms with E-state index in [1.807, 2.05) is 19.7 Å². The average Bonchev–Trinajstić information content (AvgIpc) is 2.55. The molecule has 0 spiro atoms. The van der Waals surface area contributed by atoms with E-state index < -0.39 is 0 Å². The van der Waals surface area contributed by atoms with E-state index in [0.29, 0.717) is 13.0 Å². The zero-order valence-electron chi connectivity index (χ0n) is 10.7. The van der Waals surface area contributed by atoms with E-state index in [9.17, 15) is 9.59 Å². The molecule has 1 amide bonds. The average molecular weight is 303 g/mol. The summed E-state index contributed by atoms with van der Waals surface area (Å²) in [6, 6.07) is -0.0652. The minimum atomic E-state index is -0.0761. The summed E-state index contributed by atoms with van der Waals surface area (Å²) >= 11 is 2.94. The molecule has 2 aliphatic heterocycles. The van der Waals surface area contributed by atoms with Crippen molar-refractivity contribution < 1.29 is 9.59 Å². The number of carbonyl (C=O) groups is 2. The van der Waals surface area contributed by atoms with Crippen molar-refractivity contribution in [1.82, 2.24) is 10.2 Å². The second-order valence-corrected chi connectivity index (χ2v) is 4.21. The first-order valence-corrected chi connectivity index (χ1v) is 7.30. The molecule has 0 bridgehead atoms. The standard InChI is InChI=1S/C11H16N2O2.CH3Br/c1-6-10-9(15)4-5-12-11(10)7(2)13(6)8(3)14;1-2/h6-7,12H,4-5H2,1-3H3;1H3. The number of hydrogen-bond acceptors (Lipinski definition) is 3. The number of Topliss-reactive ketones (excluding diaryl/α,β-unsaturated/α-hetero) is 1. The van der Waals surface area contributed by atoms with E-state index in [0.717, 1.165) is 11.3 Å². The van der Waals surface area contributed by atoms with Crippen molar-refractivity contribution in [2.24, 2.45) is 0 Å². The summed E-state index contributed by atoms with van der Waals surface area (Å²) in [7, 11) is 0. The number of alkyl halides is 1. The SMILES string of the molecule is CBr.CC(=O)N1C(C)C2=C(C(=O)CCN2)C1C. The first kappa shape index (κ1) is 14.2. The van der Waals surface area contributed by atoms with Crippen molar-refractivity contribution in [3.8, 4) is 0 Å². The molecule has 0 saturated heterocycles. The van der Waals surface area contributed by atoms with Gasteiger partial charge in [0.05, 0.1) is 12.1 Å². The van der Waals surface area contributed by atoms with Crippen molar-refractivity contribution >= 4 is 27.6 Å². The molecular weight excluding hydrogens is 284 g/mol. The molecule has 2 rings (SSSR count). The van der Waals surface area contributed by atoms with Gasteiger partial charge >= 0.3 is 0 Å². The highest BCUT2D eigenvalue weighted by molar-refractivity contribution is 9.08. The molecule has 4 nitrogen and oxygen atoms in total. The molecule has 96 valence electrons. The molecule has 0 fully saturated rings. The lowest BCUT2D eigenvalue weighted by Crippen LogP contribution is -2.40. The zero-order valence-corrected chi connectivity index (χ0v) is 12.3. The van der Waals surface area contributed by atoms with Crippen LogP contribution in [0.3, 0.4) is 0 Å². The normalized spacial score (nSPS) is 27.1. The largest absolute Gasteiger partial charge is 0.386 e. The lowest BCUT2D eigenvalue weighted by Gasteiger charge is -2.26. The summed E-state index contributed by atoms with van der Waals surface area (Å²) in [5, 5.41) is 3.24. The molecule has 0 aromatic carbocycles. The summed E-state index contributed by atoms with van der Waals surface area (Å²) < 4.78 is 0. The van der Waals surface area contributed by atoms with Gasteiger partial charge in [0.1, 0.15) is 0 Å². The van der Waals surface area contributed by atoms with E-state index in [4.69, 9.17) is 0 Å². The highest BCUT2D eigenvalue weighted by Crippen LogP contribution is 2.31. The summed E-state index contributed by atoms with van der Waals surface area (Å²) in [6.45, 7) is 6.13. The fourth-order valence-electron chi connectivity index (χ4n) is 2.68. The summed E-state index contributed by atoms with van der Waals surface area (Å²) in [5.74, 6) is 2.03. The number of rotatable bonds is 0. The second-order valence-electron chi connectivity index (χ2n) is 4.21. The van der Waals surface area contributed by atoms with Crippen LogP contribution in [0.5, 0.6) is 0 Å². The van der Waals surface area contributed by atoms with Crippen LogP contribution in [0.4, 0.5) is 0 Å². The Morgan fingerprint density at radius 1 is 1.35 bits per heavy atom. The molecule has 17 heavy (non-hydrogen) atoms. The van der Waals surface area contributed by atoms with Crippen LogP contribution in [0, 0.1) is 0 Å². The van der Waals surface area contributed by atoms with E-state index >= 15 is 0 Å². The highest BCUT2D eigenvalue weighted by atomic mass is 79.9. The summed E-state index contributed by atoms with van der Waals surface area (Å²) in [5.41, 5.74) is 1.76. The maximum absolute atomic E-state index is 11.8. The fourth-order valence-corrected chi connectivity index (χ4v) is 2.68. The Labute approximate surface area is 111 Å². The quantitative estimate of drug-likeness (QED) is 0.689. The maximum atomic E-state index is 11.8. The Morgan fingerprint density at radius 2 is 1.94 bits per heavy atom. The van der Waals surface area contributed by atoms with E-state index in [1.54, 1.807) is 11.8 Å². The minimum Gasteiger partial charge on any atom is -0.386 e. The van der Waals surface area contributed by atoms with Gasteiger partial charge in [0.15, 0.2) is 5.78 Å². The molecule has 0 aromatic rings. The number of nitrogens with zero attached hydrogens (tertiary/aromatic N) is 1. The Bertz CT molecular complexity index is 366. The van der Waals surface area contributed by atoms with E-state index in [-0.39, 0.29) is 23.8 Å². The third-order valence-electron chi connectivity index (χ3n) is 3.29. The van der Waals surface area contributed by atoms with E-state index in [2.05, 4.69) is 21.2 Å². The van der Waals surface area contributed by atoms with Crippen molar-refractivity contribution in [2.75, 3.05) is 12.4 Å². The molecule has 2 aliphatic rings. The first-order valence-electron chi connectivity index (χ1n) is 5.72. The van der Waals surface area contributed by atoms with Crippen LogP contribution >= 0.6 is 15.9 Å². The van der Waals surface area contributed by atoms with Gasteiger partial charge in [-0.25, -0.2) is 0 Å². The van der Waals surface area contributed by atoms with Gasteiger partial charge in [0.25, 0.3) is 0 Å². The Morgan fingerprint density at radius 3 is 2.41 bits per heavy atom. The van der Waals surface area contributed by atoms with Gasteiger partial charge in [-0.15, -0.1) is 0 Å². The number of ketones is 1. The van der Waals surface area contributed by atoms with Crippen LogP contribution in [-0.4, -0.2) is 41.1 Å². The van der Waals surface area contributed by atoms with Gasteiger partial charge in [-0.3, -0.25) is 9.59 Å². The number of amides is 1. The predicted octanol–water partition coefficient (Wildman–Crippen LogP) is 1.45. The predicted molar refractivity (Wildman–Crippen MR) is 70.9 cm³/mol. The molecule has 0 aromatic heterocycles. The fraction of sp³-hybridized carbons (Fsp3) is 0.667. The van der Waals surface area contributed by atoms with Gasteiger partial charge in [-0.05, 0) is 19.7 Å². The van der Waals surface area contributed by atoms with Gasteiger partial charge in [-0.1, -0.05) is 15.9 Å². The minimum absolute atomic E-state index is 0.0109. The lowest BCUT2D eigenvalue weighted by molar-refractivity contribution is -0.130. The van der Waals surface area contributed by atoms with Crippen LogP contribution in [-0.2, 0) is 9.59 Å². The van der Waals surface area contributed by atoms with Crippen LogP contribution in [0.25, 0.3) is 0 Å². The molecule has 0 saturated carbocycles. The van der Waals surface area contributed by atoms with Crippen LogP contribution in [0.15, 0.2) is 11.3 Å². The first-order chi connectivity index (χ1) is 8.04. The second kappa shape index (κ2) is 5.67. The number of carbonyl (C=O) groups excluding carboxylic acids is 2. The smallest absolute Gasteiger partial charge is 0.220 e. The third kappa shape index (κ3) is 2.39. The van der Waals surface area contributed by atoms with Crippen molar-refractivity contribution in [3.63, 3.8) is 0 Å². The van der Waals surface area contributed by atoms with Crippen LogP contribution < -0.4 is 5.32 Å². The third-order valence-corrected chi connectivity index (χ3v) is 3.29. The maximum Gasteiger partial charge on any atom is 0.220 e. The van der Waals surface area contributed by atoms with Crippen molar-refractivity contribution in [2.45, 2.75) is 39.3 Å². The number of hydrogen-bond donors (Lipinski definition) is 1. The monoisotopic (exact) mass is 302 g/mol. The molecule has 1 N–H and O–H groups in total. The summed E-state index contributed by atoms with van der Waals surface area (Å²) in [4.78, 5) is 25.0. The Kier molecular flexibility index (Phi) is 4.74. The van der Waals surface area contributed by atoms with Crippen molar-refractivity contribution in [3.05, 3.63) is 11.3 Å². The molecule has 0 aliphatic carbocycles. The number of nitrogens with one attached hydrogen (secondary N) is 1.